The maximum absolute atomic E-state index is 2.42. The van der Waals surface area contributed by atoms with Crippen LogP contribution in [0.15, 0.2) is 60.2 Å². The molecule has 1 heterocycles. The SMILES string of the molecule is CC1=Cc2c(n(-c3ccccc3)c3ccccc23)CC1. The molecule has 0 unspecified atom stereocenters. The lowest BCUT2D eigenvalue weighted by Crippen LogP contribution is -2.04. The summed E-state index contributed by atoms with van der Waals surface area (Å²) < 4.78 is 2.42. The molecule has 0 saturated carbocycles. The van der Waals surface area contributed by atoms with Crippen LogP contribution in [0.2, 0.25) is 0 Å². The normalized spacial score (nSPS) is 14.2. The van der Waals surface area contributed by atoms with Gasteiger partial charge in [0.2, 0.25) is 0 Å². The number of aromatic nitrogens is 1. The molecule has 1 heteroatoms. The minimum atomic E-state index is 1.13. The van der Waals surface area contributed by atoms with Crippen LogP contribution in [0.4, 0.5) is 0 Å². The highest BCUT2D eigenvalue weighted by atomic mass is 15.0. The lowest BCUT2D eigenvalue weighted by Gasteiger charge is -2.15. The fourth-order valence-corrected chi connectivity index (χ4v) is 3.23. The van der Waals surface area contributed by atoms with E-state index in [1.807, 2.05) is 0 Å². The van der Waals surface area contributed by atoms with Crippen molar-refractivity contribution in [2.24, 2.45) is 0 Å². The largest absolute Gasteiger partial charge is 0.313 e. The zero-order chi connectivity index (χ0) is 13.5. The summed E-state index contributed by atoms with van der Waals surface area (Å²) >= 11 is 0. The first-order valence-electron chi connectivity index (χ1n) is 7.19. The molecule has 0 atom stereocenters. The molecule has 1 aliphatic carbocycles. The predicted octanol–water partition coefficient (Wildman–Crippen LogP) is 4.98. The molecule has 0 saturated heterocycles. The molecular weight excluding hydrogens is 242 g/mol. The van der Waals surface area contributed by atoms with Crippen LogP contribution in [-0.4, -0.2) is 4.57 Å². The fourth-order valence-electron chi connectivity index (χ4n) is 3.23. The van der Waals surface area contributed by atoms with E-state index in [2.05, 4.69) is 72.2 Å². The monoisotopic (exact) mass is 259 g/mol. The molecule has 0 radical (unpaired) electrons. The van der Waals surface area contributed by atoms with Gasteiger partial charge in [-0.1, -0.05) is 48.0 Å². The maximum atomic E-state index is 2.42. The summed E-state index contributed by atoms with van der Waals surface area (Å²) in [6.45, 7) is 2.23. The van der Waals surface area contributed by atoms with Gasteiger partial charge in [-0.3, -0.25) is 0 Å². The van der Waals surface area contributed by atoms with E-state index in [9.17, 15) is 0 Å². The molecule has 0 aliphatic heterocycles. The van der Waals surface area contributed by atoms with Crippen LogP contribution >= 0.6 is 0 Å². The zero-order valence-corrected chi connectivity index (χ0v) is 11.6. The molecule has 0 bridgehead atoms. The van der Waals surface area contributed by atoms with Gasteiger partial charge < -0.3 is 4.57 Å². The average Bonchev–Trinajstić information content (AvgIpc) is 2.82. The smallest absolute Gasteiger partial charge is 0.0537 e. The Balaban J connectivity index is 2.12. The molecule has 0 N–H and O–H groups in total. The molecule has 4 rings (SSSR count). The van der Waals surface area contributed by atoms with Gasteiger partial charge in [0.25, 0.3) is 0 Å². The van der Waals surface area contributed by atoms with Crippen LogP contribution in [0.3, 0.4) is 0 Å². The Hall–Kier alpha value is -2.28. The summed E-state index contributed by atoms with van der Waals surface area (Å²) in [4.78, 5) is 0. The quantitative estimate of drug-likeness (QED) is 0.581. The third-order valence-corrected chi connectivity index (χ3v) is 4.18. The molecular formula is C19H17N. The van der Waals surface area contributed by atoms with Gasteiger partial charge in [0, 0.05) is 22.3 Å². The molecule has 2 aromatic carbocycles. The first-order valence-corrected chi connectivity index (χ1v) is 7.19. The summed E-state index contributed by atoms with van der Waals surface area (Å²) in [7, 11) is 0. The van der Waals surface area contributed by atoms with Crippen molar-refractivity contribution in [3.63, 3.8) is 0 Å². The van der Waals surface area contributed by atoms with Crippen LogP contribution in [0.5, 0.6) is 0 Å². The van der Waals surface area contributed by atoms with Gasteiger partial charge in [-0.25, -0.2) is 0 Å². The molecule has 20 heavy (non-hydrogen) atoms. The maximum Gasteiger partial charge on any atom is 0.0537 e. The van der Waals surface area contributed by atoms with Crippen LogP contribution in [0.25, 0.3) is 22.7 Å². The number of allylic oxidation sites excluding steroid dienone is 1. The van der Waals surface area contributed by atoms with Crippen molar-refractivity contribution in [2.75, 3.05) is 0 Å². The molecule has 98 valence electrons. The number of fused-ring (bicyclic) bond motifs is 3. The highest BCUT2D eigenvalue weighted by Gasteiger charge is 2.19. The fraction of sp³-hybridized carbons (Fsp3) is 0.158. The Morgan fingerprint density at radius 2 is 1.60 bits per heavy atom. The highest BCUT2D eigenvalue weighted by molar-refractivity contribution is 5.93. The molecule has 0 amide bonds. The Morgan fingerprint density at radius 1 is 0.850 bits per heavy atom. The first kappa shape index (κ1) is 11.5. The van der Waals surface area contributed by atoms with Gasteiger partial charge in [0.05, 0.1) is 5.52 Å². The summed E-state index contributed by atoms with van der Waals surface area (Å²) in [5.74, 6) is 0. The van der Waals surface area contributed by atoms with E-state index in [4.69, 9.17) is 0 Å². The van der Waals surface area contributed by atoms with Gasteiger partial charge in [0.1, 0.15) is 0 Å². The van der Waals surface area contributed by atoms with Crippen LogP contribution in [-0.2, 0) is 6.42 Å². The van der Waals surface area contributed by atoms with E-state index in [0.29, 0.717) is 0 Å². The lowest BCUT2D eigenvalue weighted by molar-refractivity contribution is 0.856. The van der Waals surface area contributed by atoms with Crippen molar-refractivity contribution in [1.29, 1.82) is 0 Å². The standard InChI is InChI=1S/C19H17N/c1-14-11-12-19-17(13-14)16-9-5-6-10-18(16)20(19)15-7-3-2-4-8-15/h2-10,13H,11-12H2,1H3. The molecule has 0 spiro atoms. The Labute approximate surface area is 119 Å². The predicted molar refractivity (Wildman–Crippen MR) is 85.2 cm³/mol. The van der Waals surface area contributed by atoms with E-state index in [1.165, 1.54) is 33.4 Å². The van der Waals surface area contributed by atoms with Gasteiger partial charge in [0.15, 0.2) is 0 Å². The van der Waals surface area contributed by atoms with Gasteiger partial charge >= 0.3 is 0 Å². The van der Waals surface area contributed by atoms with E-state index < -0.39 is 0 Å². The van der Waals surface area contributed by atoms with E-state index in [-0.39, 0.29) is 0 Å². The molecule has 1 aliphatic rings. The average molecular weight is 259 g/mol. The molecule has 3 aromatic rings. The number of nitrogens with zero attached hydrogens (tertiary/aromatic N) is 1. The molecule has 0 fully saturated rings. The van der Waals surface area contributed by atoms with E-state index >= 15 is 0 Å². The van der Waals surface area contributed by atoms with Crippen molar-refractivity contribution in [3.8, 4) is 5.69 Å². The minimum absolute atomic E-state index is 1.13. The van der Waals surface area contributed by atoms with Crippen LogP contribution < -0.4 is 0 Å². The van der Waals surface area contributed by atoms with Crippen LogP contribution in [0, 0.1) is 0 Å². The topological polar surface area (TPSA) is 4.93 Å². The third-order valence-electron chi connectivity index (χ3n) is 4.18. The Kier molecular flexibility index (Phi) is 2.53. The number of para-hydroxylation sites is 2. The highest BCUT2D eigenvalue weighted by Crippen LogP contribution is 2.35. The second kappa shape index (κ2) is 4.38. The van der Waals surface area contributed by atoms with Gasteiger partial charge in [-0.05, 0) is 38.0 Å². The van der Waals surface area contributed by atoms with Crippen molar-refractivity contribution >= 4 is 17.0 Å². The Bertz CT molecular complexity index is 806. The number of rotatable bonds is 1. The summed E-state index contributed by atoms with van der Waals surface area (Å²) in [5.41, 5.74) is 6.91. The first-order chi connectivity index (χ1) is 9.84. The summed E-state index contributed by atoms with van der Waals surface area (Å²) in [5, 5.41) is 1.37. The number of benzene rings is 2. The second-order valence-electron chi connectivity index (χ2n) is 5.54. The Morgan fingerprint density at radius 3 is 2.45 bits per heavy atom. The van der Waals surface area contributed by atoms with Crippen molar-refractivity contribution < 1.29 is 0 Å². The van der Waals surface area contributed by atoms with Gasteiger partial charge in [-0.15, -0.1) is 0 Å². The van der Waals surface area contributed by atoms with Crippen molar-refractivity contribution in [1.82, 2.24) is 4.57 Å². The minimum Gasteiger partial charge on any atom is -0.313 e. The van der Waals surface area contributed by atoms with Crippen molar-refractivity contribution in [2.45, 2.75) is 19.8 Å². The summed E-state index contributed by atoms with van der Waals surface area (Å²) in [6.07, 6.45) is 4.65. The number of hydrogen-bond donors (Lipinski definition) is 0. The van der Waals surface area contributed by atoms with E-state index in [1.54, 1.807) is 0 Å². The molecule has 1 aromatic heterocycles. The second-order valence-corrected chi connectivity index (χ2v) is 5.54. The third kappa shape index (κ3) is 1.63. The van der Waals surface area contributed by atoms with Gasteiger partial charge in [-0.2, -0.15) is 0 Å². The van der Waals surface area contributed by atoms with E-state index in [0.717, 1.165) is 12.8 Å². The van der Waals surface area contributed by atoms with Crippen molar-refractivity contribution in [3.05, 3.63) is 71.4 Å². The van der Waals surface area contributed by atoms with Crippen LogP contribution in [0.1, 0.15) is 24.6 Å². The molecule has 1 nitrogen and oxygen atoms in total. The summed E-state index contributed by atoms with van der Waals surface area (Å²) in [6, 6.07) is 19.4. The zero-order valence-electron chi connectivity index (χ0n) is 11.6. The number of hydrogen-bond acceptors (Lipinski definition) is 0. The lowest BCUT2D eigenvalue weighted by atomic mass is 9.97.